The van der Waals surface area contributed by atoms with Gasteiger partial charge in [0.15, 0.2) is 5.78 Å². The van der Waals surface area contributed by atoms with Crippen molar-refractivity contribution in [3.8, 4) is 0 Å². The van der Waals surface area contributed by atoms with Gasteiger partial charge in [0.25, 0.3) is 0 Å². The van der Waals surface area contributed by atoms with E-state index in [9.17, 15) is 9.18 Å². The van der Waals surface area contributed by atoms with E-state index in [0.29, 0.717) is 11.1 Å². The van der Waals surface area contributed by atoms with Crippen LogP contribution in [0.2, 0.25) is 5.02 Å². The molecule has 98 valence electrons. The van der Waals surface area contributed by atoms with Crippen LogP contribution in [0.3, 0.4) is 0 Å². The molecule has 0 saturated heterocycles. The monoisotopic (exact) mass is 277 g/mol. The fraction of sp³-hybridized carbons (Fsp3) is 0.133. The summed E-state index contributed by atoms with van der Waals surface area (Å²) < 4.78 is 13.1. The molecule has 4 heteroatoms. The van der Waals surface area contributed by atoms with E-state index in [1.54, 1.807) is 12.1 Å². The molecule has 0 amide bonds. The Bertz CT molecular complexity index is 608. The van der Waals surface area contributed by atoms with Crippen LogP contribution >= 0.6 is 11.6 Å². The summed E-state index contributed by atoms with van der Waals surface area (Å²) in [5.74, 6) is -0.701. The largest absolute Gasteiger partial charge is 0.378 e. The molecule has 0 aliphatic carbocycles. The van der Waals surface area contributed by atoms with Crippen molar-refractivity contribution in [2.24, 2.45) is 0 Å². The number of nitrogens with zero attached hydrogens (tertiary/aromatic N) is 1. The van der Waals surface area contributed by atoms with Gasteiger partial charge in [0.05, 0.1) is 5.02 Å². The van der Waals surface area contributed by atoms with Gasteiger partial charge in [-0.15, -0.1) is 0 Å². The number of halogens is 2. The maximum atomic E-state index is 13.1. The van der Waals surface area contributed by atoms with E-state index in [1.165, 1.54) is 18.2 Å². The van der Waals surface area contributed by atoms with Crippen molar-refractivity contribution in [2.75, 3.05) is 19.0 Å². The Labute approximate surface area is 116 Å². The third kappa shape index (κ3) is 2.93. The van der Waals surface area contributed by atoms with Crippen LogP contribution in [0.4, 0.5) is 10.1 Å². The van der Waals surface area contributed by atoms with Gasteiger partial charge < -0.3 is 4.90 Å². The highest BCUT2D eigenvalue weighted by molar-refractivity contribution is 6.31. The zero-order chi connectivity index (χ0) is 14.0. The van der Waals surface area contributed by atoms with Gasteiger partial charge in [-0.3, -0.25) is 4.79 Å². The van der Waals surface area contributed by atoms with Gasteiger partial charge >= 0.3 is 0 Å². The SMILES string of the molecule is CN(C)c1ccc(C(=O)c2ccc(F)c(Cl)c2)cc1. The van der Waals surface area contributed by atoms with Gasteiger partial charge in [0, 0.05) is 30.9 Å². The molecule has 0 spiro atoms. The molecule has 0 saturated carbocycles. The fourth-order valence-corrected chi connectivity index (χ4v) is 1.90. The molecule has 0 aromatic heterocycles. The van der Waals surface area contributed by atoms with E-state index in [-0.39, 0.29) is 10.8 Å². The first-order valence-corrected chi connectivity index (χ1v) is 6.14. The quantitative estimate of drug-likeness (QED) is 0.796. The summed E-state index contributed by atoms with van der Waals surface area (Å²) in [6, 6.07) is 11.2. The summed E-state index contributed by atoms with van der Waals surface area (Å²) in [6.45, 7) is 0. The van der Waals surface area contributed by atoms with Crippen LogP contribution in [0.5, 0.6) is 0 Å². The molecule has 0 unspecified atom stereocenters. The molecule has 0 aliphatic heterocycles. The summed E-state index contributed by atoms with van der Waals surface area (Å²) in [7, 11) is 3.85. The lowest BCUT2D eigenvalue weighted by Crippen LogP contribution is -2.09. The summed E-state index contributed by atoms with van der Waals surface area (Å²) in [4.78, 5) is 14.1. The molecule has 2 rings (SSSR count). The third-order valence-corrected chi connectivity index (χ3v) is 3.12. The van der Waals surface area contributed by atoms with Crippen molar-refractivity contribution in [2.45, 2.75) is 0 Å². The van der Waals surface area contributed by atoms with Gasteiger partial charge in [-0.25, -0.2) is 4.39 Å². The van der Waals surface area contributed by atoms with Gasteiger partial charge in [0.2, 0.25) is 0 Å². The molecular formula is C15H13ClFNO. The lowest BCUT2D eigenvalue weighted by molar-refractivity contribution is 0.103. The van der Waals surface area contributed by atoms with Gasteiger partial charge in [-0.2, -0.15) is 0 Å². The van der Waals surface area contributed by atoms with Crippen molar-refractivity contribution in [3.63, 3.8) is 0 Å². The van der Waals surface area contributed by atoms with E-state index in [4.69, 9.17) is 11.6 Å². The Morgan fingerprint density at radius 3 is 2.16 bits per heavy atom. The molecule has 0 heterocycles. The maximum Gasteiger partial charge on any atom is 0.193 e. The van der Waals surface area contributed by atoms with Gasteiger partial charge in [0.1, 0.15) is 5.82 Å². The summed E-state index contributed by atoms with van der Waals surface area (Å²) in [5.41, 5.74) is 1.94. The minimum atomic E-state index is -0.527. The molecule has 2 aromatic carbocycles. The number of anilines is 1. The first-order chi connectivity index (χ1) is 8.99. The first kappa shape index (κ1) is 13.6. The van der Waals surface area contributed by atoms with Crippen LogP contribution in [0.1, 0.15) is 15.9 Å². The van der Waals surface area contributed by atoms with Crippen molar-refractivity contribution >= 4 is 23.1 Å². The van der Waals surface area contributed by atoms with E-state index < -0.39 is 5.82 Å². The predicted octanol–water partition coefficient (Wildman–Crippen LogP) is 3.78. The molecule has 0 N–H and O–H groups in total. The summed E-state index contributed by atoms with van der Waals surface area (Å²) >= 11 is 5.68. The molecule has 0 fully saturated rings. The molecule has 0 aliphatic rings. The zero-order valence-electron chi connectivity index (χ0n) is 10.7. The second kappa shape index (κ2) is 5.41. The molecule has 0 radical (unpaired) electrons. The Kier molecular flexibility index (Phi) is 3.86. The van der Waals surface area contributed by atoms with E-state index in [2.05, 4.69) is 0 Å². The Hall–Kier alpha value is -1.87. The lowest BCUT2D eigenvalue weighted by Gasteiger charge is -2.12. The highest BCUT2D eigenvalue weighted by atomic mass is 35.5. The number of benzene rings is 2. The van der Waals surface area contributed by atoms with Crippen molar-refractivity contribution < 1.29 is 9.18 Å². The highest BCUT2D eigenvalue weighted by Gasteiger charge is 2.11. The normalized spacial score (nSPS) is 10.3. The average molecular weight is 278 g/mol. The van der Waals surface area contributed by atoms with Gasteiger partial charge in [-0.1, -0.05) is 11.6 Å². The Balaban J connectivity index is 2.30. The molecule has 0 bridgehead atoms. The Morgan fingerprint density at radius 1 is 1.05 bits per heavy atom. The molecule has 2 aromatic rings. The maximum absolute atomic E-state index is 13.1. The van der Waals surface area contributed by atoms with E-state index in [0.717, 1.165) is 5.69 Å². The van der Waals surface area contributed by atoms with Crippen molar-refractivity contribution in [3.05, 3.63) is 64.4 Å². The van der Waals surface area contributed by atoms with Crippen LogP contribution < -0.4 is 4.90 Å². The second-order valence-electron chi connectivity index (χ2n) is 4.40. The molecular weight excluding hydrogens is 265 g/mol. The number of hydrogen-bond donors (Lipinski definition) is 0. The zero-order valence-corrected chi connectivity index (χ0v) is 11.4. The summed E-state index contributed by atoms with van der Waals surface area (Å²) in [6.07, 6.45) is 0. The number of rotatable bonds is 3. The number of carbonyl (C=O) groups is 1. The smallest absolute Gasteiger partial charge is 0.193 e. The topological polar surface area (TPSA) is 20.3 Å². The highest BCUT2D eigenvalue weighted by Crippen LogP contribution is 2.20. The first-order valence-electron chi connectivity index (χ1n) is 5.76. The van der Waals surface area contributed by atoms with E-state index >= 15 is 0 Å². The van der Waals surface area contributed by atoms with Crippen LogP contribution in [0, 0.1) is 5.82 Å². The van der Waals surface area contributed by atoms with Crippen LogP contribution in [0.15, 0.2) is 42.5 Å². The van der Waals surface area contributed by atoms with Crippen molar-refractivity contribution in [1.29, 1.82) is 0 Å². The van der Waals surface area contributed by atoms with Crippen molar-refractivity contribution in [1.82, 2.24) is 0 Å². The number of ketones is 1. The minimum Gasteiger partial charge on any atom is -0.378 e. The standard InChI is InChI=1S/C15H13ClFNO/c1-18(2)12-6-3-10(4-7-12)15(19)11-5-8-14(17)13(16)9-11/h3-9H,1-2H3. The van der Waals surface area contributed by atoms with Crippen LogP contribution in [-0.4, -0.2) is 19.9 Å². The Morgan fingerprint density at radius 2 is 1.63 bits per heavy atom. The molecule has 0 atom stereocenters. The average Bonchev–Trinajstić information content (AvgIpc) is 2.41. The minimum absolute atomic E-state index is 0.0456. The summed E-state index contributed by atoms with van der Waals surface area (Å²) in [5, 5.41) is -0.0456. The molecule has 19 heavy (non-hydrogen) atoms. The fourth-order valence-electron chi connectivity index (χ4n) is 1.71. The number of carbonyl (C=O) groups excluding carboxylic acids is 1. The lowest BCUT2D eigenvalue weighted by atomic mass is 10.0. The van der Waals surface area contributed by atoms with Crippen LogP contribution in [-0.2, 0) is 0 Å². The number of hydrogen-bond acceptors (Lipinski definition) is 2. The van der Waals surface area contributed by atoms with E-state index in [1.807, 2.05) is 31.1 Å². The third-order valence-electron chi connectivity index (χ3n) is 2.83. The predicted molar refractivity (Wildman–Crippen MR) is 75.6 cm³/mol. The van der Waals surface area contributed by atoms with Gasteiger partial charge in [-0.05, 0) is 42.5 Å². The second-order valence-corrected chi connectivity index (χ2v) is 4.81. The van der Waals surface area contributed by atoms with Crippen LogP contribution in [0.25, 0.3) is 0 Å². The molecule has 2 nitrogen and oxygen atoms in total.